The lowest BCUT2D eigenvalue weighted by atomic mass is 9.90. The molecule has 114 valence electrons. The topological polar surface area (TPSA) is 77.8 Å². The molecule has 0 saturated carbocycles. The van der Waals surface area contributed by atoms with Crippen molar-refractivity contribution in [2.75, 3.05) is 13.1 Å². The Labute approximate surface area is 122 Å². The number of aliphatic hydroxyl groups is 1. The van der Waals surface area contributed by atoms with Gasteiger partial charge in [0.2, 0.25) is 5.91 Å². The van der Waals surface area contributed by atoms with Gasteiger partial charge in [0.05, 0.1) is 17.9 Å². The minimum atomic E-state index is -1.09. The summed E-state index contributed by atoms with van der Waals surface area (Å²) in [5.74, 6) is -1.72. The number of rotatable bonds is 4. The number of hydrogen-bond acceptors (Lipinski definition) is 3. The second-order valence-corrected chi connectivity index (χ2v) is 5.71. The van der Waals surface area contributed by atoms with Crippen LogP contribution >= 0.6 is 0 Å². The van der Waals surface area contributed by atoms with Crippen LogP contribution in [0.15, 0.2) is 24.3 Å². The van der Waals surface area contributed by atoms with Gasteiger partial charge in [0.25, 0.3) is 0 Å². The number of carboxylic acids is 1. The molecule has 6 heteroatoms. The maximum absolute atomic E-state index is 13.1. The lowest BCUT2D eigenvalue weighted by molar-refractivity contribution is -0.147. The molecule has 1 fully saturated rings. The first-order chi connectivity index (χ1) is 9.82. The third-order valence-corrected chi connectivity index (χ3v) is 3.94. The van der Waals surface area contributed by atoms with Crippen LogP contribution < -0.4 is 0 Å². The molecule has 0 spiro atoms. The largest absolute Gasteiger partial charge is 0.481 e. The van der Waals surface area contributed by atoms with Crippen molar-refractivity contribution in [3.05, 3.63) is 35.6 Å². The molecule has 0 aliphatic carbocycles. The number of aliphatic carboxylic acids is 1. The molecule has 1 aromatic carbocycles. The normalized spacial score (nSPS) is 23.1. The summed E-state index contributed by atoms with van der Waals surface area (Å²) in [6.07, 6.45) is -0.881. The van der Waals surface area contributed by atoms with Crippen molar-refractivity contribution in [3.8, 4) is 0 Å². The highest BCUT2D eigenvalue weighted by Crippen LogP contribution is 2.31. The van der Waals surface area contributed by atoms with Crippen molar-refractivity contribution in [3.63, 3.8) is 0 Å². The molecule has 1 saturated heterocycles. The van der Waals surface area contributed by atoms with E-state index in [-0.39, 0.29) is 18.9 Å². The molecule has 1 aliphatic rings. The Morgan fingerprint density at radius 2 is 2.19 bits per heavy atom. The van der Waals surface area contributed by atoms with Crippen LogP contribution in [0.1, 0.15) is 31.4 Å². The van der Waals surface area contributed by atoms with Crippen LogP contribution in [0.25, 0.3) is 0 Å². The monoisotopic (exact) mass is 295 g/mol. The summed E-state index contributed by atoms with van der Waals surface area (Å²) in [5, 5.41) is 19.1. The smallest absolute Gasteiger partial charge is 0.311 e. The first-order valence-electron chi connectivity index (χ1n) is 6.76. The highest BCUT2D eigenvalue weighted by atomic mass is 19.1. The van der Waals surface area contributed by atoms with Crippen molar-refractivity contribution < 1.29 is 24.2 Å². The summed E-state index contributed by atoms with van der Waals surface area (Å²) in [5.41, 5.74) is -0.594. The molecule has 1 aliphatic heterocycles. The SMILES string of the molecule is C[C@]1(C(=O)O)CCN(C(=O)C[C@H](O)c2cccc(F)c2)C1. The Hall–Kier alpha value is -1.95. The Morgan fingerprint density at radius 3 is 2.76 bits per heavy atom. The number of carbonyl (C=O) groups excluding carboxylic acids is 1. The second-order valence-electron chi connectivity index (χ2n) is 5.71. The maximum atomic E-state index is 13.1. The number of carboxylic acid groups (broad SMARTS) is 1. The molecule has 1 aromatic rings. The van der Waals surface area contributed by atoms with Gasteiger partial charge in [-0.15, -0.1) is 0 Å². The van der Waals surface area contributed by atoms with Gasteiger partial charge in [0.1, 0.15) is 5.82 Å². The van der Waals surface area contributed by atoms with Gasteiger partial charge in [-0.1, -0.05) is 12.1 Å². The fourth-order valence-electron chi connectivity index (χ4n) is 2.47. The molecule has 21 heavy (non-hydrogen) atoms. The van der Waals surface area contributed by atoms with E-state index in [1.165, 1.54) is 23.1 Å². The number of carbonyl (C=O) groups is 2. The molecule has 0 radical (unpaired) electrons. The van der Waals surface area contributed by atoms with E-state index in [0.29, 0.717) is 18.5 Å². The lowest BCUT2D eigenvalue weighted by Gasteiger charge is -2.21. The molecule has 1 heterocycles. The van der Waals surface area contributed by atoms with Crippen molar-refractivity contribution in [1.82, 2.24) is 4.90 Å². The summed E-state index contributed by atoms with van der Waals surface area (Å²) in [4.78, 5) is 24.7. The van der Waals surface area contributed by atoms with Crippen LogP contribution in [0.4, 0.5) is 4.39 Å². The first-order valence-corrected chi connectivity index (χ1v) is 6.76. The van der Waals surface area contributed by atoms with Gasteiger partial charge in [-0.05, 0) is 31.0 Å². The first kappa shape index (κ1) is 15.4. The number of nitrogens with zero attached hydrogens (tertiary/aromatic N) is 1. The highest BCUT2D eigenvalue weighted by Gasteiger charge is 2.42. The number of benzene rings is 1. The van der Waals surface area contributed by atoms with Crippen molar-refractivity contribution in [2.24, 2.45) is 5.41 Å². The summed E-state index contributed by atoms with van der Waals surface area (Å²) < 4.78 is 13.1. The minimum absolute atomic E-state index is 0.136. The van der Waals surface area contributed by atoms with Gasteiger partial charge >= 0.3 is 5.97 Å². The summed E-state index contributed by atoms with van der Waals surface area (Å²) in [6.45, 7) is 2.10. The van der Waals surface area contributed by atoms with E-state index in [1.807, 2.05) is 0 Å². The van der Waals surface area contributed by atoms with E-state index in [9.17, 15) is 19.1 Å². The predicted octanol–water partition coefficient (Wildman–Crippen LogP) is 1.57. The van der Waals surface area contributed by atoms with E-state index >= 15 is 0 Å². The number of likely N-dealkylation sites (tertiary alicyclic amines) is 1. The van der Waals surface area contributed by atoms with Crippen LogP contribution in [-0.4, -0.2) is 40.1 Å². The molecule has 2 N–H and O–H groups in total. The van der Waals surface area contributed by atoms with E-state index < -0.39 is 23.3 Å². The molecule has 2 atom stereocenters. The fourth-order valence-corrected chi connectivity index (χ4v) is 2.47. The maximum Gasteiger partial charge on any atom is 0.311 e. The van der Waals surface area contributed by atoms with Crippen LogP contribution in [0.2, 0.25) is 0 Å². The molecule has 0 unspecified atom stereocenters. The molecule has 0 aromatic heterocycles. The number of halogens is 1. The standard InChI is InChI=1S/C15H18FNO4/c1-15(14(20)21)5-6-17(9-15)13(19)8-12(18)10-3-2-4-11(16)7-10/h2-4,7,12,18H,5-6,8-9H2,1H3,(H,20,21)/t12-,15-/m0/s1. The molecule has 5 nitrogen and oxygen atoms in total. The number of hydrogen-bond donors (Lipinski definition) is 2. The van der Waals surface area contributed by atoms with Crippen LogP contribution in [-0.2, 0) is 9.59 Å². The van der Waals surface area contributed by atoms with E-state index in [1.54, 1.807) is 13.0 Å². The molecule has 1 amide bonds. The Balaban J connectivity index is 1.98. The quantitative estimate of drug-likeness (QED) is 0.884. The average Bonchev–Trinajstić information content (AvgIpc) is 2.83. The summed E-state index contributed by atoms with van der Waals surface area (Å²) in [6, 6.07) is 5.46. The lowest BCUT2D eigenvalue weighted by Crippen LogP contribution is -2.35. The highest BCUT2D eigenvalue weighted by molar-refractivity contribution is 5.80. The van der Waals surface area contributed by atoms with Crippen LogP contribution in [0, 0.1) is 11.2 Å². The Kier molecular flexibility index (Phi) is 4.27. The molecule has 2 rings (SSSR count). The van der Waals surface area contributed by atoms with E-state index in [2.05, 4.69) is 0 Å². The van der Waals surface area contributed by atoms with Gasteiger partial charge in [0.15, 0.2) is 0 Å². The van der Waals surface area contributed by atoms with Crippen LogP contribution in [0.5, 0.6) is 0 Å². The average molecular weight is 295 g/mol. The Bertz CT molecular complexity index is 562. The van der Waals surface area contributed by atoms with Gasteiger partial charge in [-0.3, -0.25) is 9.59 Å². The zero-order chi connectivity index (χ0) is 15.6. The van der Waals surface area contributed by atoms with Gasteiger partial charge in [-0.25, -0.2) is 4.39 Å². The minimum Gasteiger partial charge on any atom is -0.481 e. The van der Waals surface area contributed by atoms with Crippen molar-refractivity contribution in [1.29, 1.82) is 0 Å². The third-order valence-electron chi connectivity index (χ3n) is 3.94. The zero-order valence-electron chi connectivity index (χ0n) is 11.8. The van der Waals surface area contributed by atoms with Gasteiger partial charge in [0, 0.05) is 13.1 Å². The zero-order valence-corrected chi connectivity index (χ0v) is 11.8. The van der Waals surface area contributed by atoms with Crippen LogP contribution in [0.3, 0.4) is 0 Å². The number of aliphatic hydroxyl groups excluding tert-OH is 1. The van der Waals surface area contributed by atoms with E-state index in [0.717, 1.165) is 0 Å². The van der Waals surface area contributed by atoms with Crippen molar-refractivity contribution in [2.45, 2.75) is 25.9 Å². The third kappa shape index (κ3) is 3.39. The fraction of sp³-hybridized carbons (Fsp3) is 0.467. The molecule has 0 bridgehead atoms. The summed E-state index contributed by atoms with van der Waals surface area (Å²) >= 11 is 0. The van der Waals surface area contributed by atoms with Gasteiger partial charge < -0.3 is 15.1 Å². The second kappa shape index (κ2) is 5.81. The molecular weight excluding hydrogens is 277 g/mol. The van der Waals surface area contributed by atoms with E-state index in [4.69, 9.17) is 5.11 Å². The molecular formula is C15H18FNO4. The van der Waals surface area contributed by atoms with Gasteiger partial charge in [-0.2, -0.15) is 0 Å². The van der Waals surface area contributed by atoms with Crippen molar-refractivity contribution >= 4 is 11.9 Å². The Morgan fingerprint density at radius 1 is 1.48 bits per heavy atom. The number of amides is 1. The predicted molar refractivity (Wildman–Crippen MR) is 72.9 cm³/mol. The summed E-state index contributed by atoms with van der Waals surface area (Å²) in [7, 11) is 0.